The van der Waals surface area contributed by atoms with Crippen LogP contribution in [0.2, 0.25) is 0 Å². The van der Waals surface area contributed by atoms with Gasteiger partial charge in [0.25, 0.3) is 17.5 Å². The summed E-state index contributed by atoms with van der Waals surface area (Å²) in [7, 11) is 0. The first-order valence-electron chi connectivity index (χ1n) is 5.58. The Labute approximate surface area is 113 Å². The number of nitrogens with one attached hydrogen (secondary N) is 1. The summed E-state index contributed by atoms with van der Waals surface area (Å²) in [5.41, 5.74) is 9.73. The van der Waals surface area contributed by atoms with Gasteiger partial charge in [0.15, 0.2) is 0 Å². The Hall–Kier alpha value is -2.29. The molecular formula is C11H14F2N4O3. The van der Waals surface area contributed by atoms with Crippen molar-refractivity contribution < 1.29 is 18.5 Å². The van der Waals surface area contributed by atoms with Gasteiger partial charge in [-0.2, -0.15) is 0 Å². The van der Waals surface area contributed by atoms with E-state index in [1.54, 1.807) is 0 Å². The Morgan fingerprint density at radius 1 is 1.50 bits per heavy atom. The molecule has 0 unspecified atom stereocenters. The standard InChI is InChI=1S/C11H14F2N4O3/c1-6-2-7(9(15)8(3-6)17(19)20)10(18)16-5-11(12,13)4-14/h2-3H,4-5,14-15H2,1H3,(H,16,18). The van der Waals surface area contributed by atoms with Gasteiger partial charge in [-0.25, -0.2) is 8.78 Å². The van der Waals surface area contributed by atoms with E-state index in [0.29, 0.717) is 5.56 Å². The fourth-order valence-corrected chi connectivity index (χ4v) is 1.49. The average molecular weight is 288 g/mol. The second kappa shape index (κ2) is 5.78. The van der Waals surface area contributed by atoms with Crippen LogP contribution in [0.15, 0.2) is 12.1 Å². The van der Waals surface area contributed by atoms with E-state index in [0.717, 1.165) is 0 Å². The summed E-state index contributed by atoms with van der Waals surface area (Å²) in [5.74, 6) is -4.16. The zero-order chi connectivity index (χ0) is 15.5. The molecule has 0 saturated heterocycles. The Morgan fingerprint density at radius 3 is 2.60 bits per heavy atom. The maximum atomic E-state index is 12.9. The number of carbonyl (C=O) groups excluding carboxylic acids is 1. The lowest BCUT2D eigenvalue weighted by atomic mass is 10.1. The molecule has 0 heterocycles. The molecule has 0 spiro atoms. The summed E-state index contributed by atoms with van der Waals surface area (Å²) in [6.45, 7) is -0.363. The molecule has 0 saturated carbocycles. The first kappa shape index (κ1) is 15.8. The quantitative estimate of drug-likeness (QED) is 0.420. The van der Waals surface area contributed by atoms with Gasteiger partial charge in [0.1, 0.15) is 5.69 Å². The number of nitro groups is 1. The van der Waals surface area contributed by atoms with Crippen LogP contribution in [0.5, 0.6) is 0 Å². The third-order valence-electron chi connectivity index (χ3n) is 2.55. The van der Waals surface area contributed by atoms with Crippen LogP contribution < -0.4 is 16.8 Å². The highest BCUT2D eigenvalue weighted by molar-refractivity contribution is 6.01. The zero-order valence-corrected chi connectivity index (χ0v) is 10.7. The van der Waals surface area contributed by atoms with Gasteiger partial charge in [-0.05, 0) is 18.6 Å². The predicted octanol–water partition coefficient (Wildman–Crippen LogP) is 0.809. The van der Waals surface area contributed by atoms with Crippen LogP contribution in [0.4, 0.5) is 20.2 Å². The van der Waals surface area contributed by atoms with E-state index in [9.17, 15) is 23.7 Å². The normalized spacial score (nSPS) is 11.2. The number of nitro benzene ring substituents is 1. The number of nitrogens with zero attached hydrogens (tertiary/aromatic N) is 1. The predicted molar refractivity (Wildman–Crippen MR) is 68.6 cm³/mol. The number of carbonyl (C=O) groups is 1. The van der Waals surface area contributed by atoms with Crippen molar-refractivity contribution in [2.75, 3.05) is 18.8 Å². The fourth-order valence-electron chi connectivity index (χ4n) is 1.49. The summed E-state index contributed by atoms with van der Waals surface area (Å²) in [6.07, 6.45) is 0. The third kappa shape index (κ3) is 3.60. The number of anilines is 1. The number of alkyl halides is 2. The second-order valence-electron chi connectivity index (χ2n) is 4.25. The van der Waals surface area contributed by atoms with Crippen molar-refractivity contribution >= 4 is 17.3 Å². The topological polar surface area (TPSA) is 124 Å². The smallest absolute Gasteiger partial charge is 0.293 e. The number of hydrogen-bond acceptors (Lipinski definition) is 5. The van der Waals surface area contributed by atoms with Gasteiger partial charge in [-0.3, -0.25) is 14.9 Å². The molecule has 5 N–H and O–H groups in total. The van der Waals surface area contributed by atoms with Gasteiger partial charge < -0.3 is 16.8 Å². The molecule has 1 rings (SSSR count). The molecule has 1 amide bonds. The van der Waals surface area contributed by atoms with Crippen molar-refractivity contribution in [3.8, 4) is 0 Å². The Bertz CT molecular complexity index is 549. The van der Waals surface area contributed by atoms with Gasteiger partial charge >= 0.3 is 0 Å². The van der Waals surface area contributed by atoms with Gasteiger partial charge in [0, 0.05) is 6.07 Å². The lowest BCUT2D eigenvalue weighted by Crippen LogP contribution is -2.41. The first-order chi connectivity index (χ1) is 9.18. The van der Waals surface area contributed by atoms with E-state index in [1.807, 2.05) is 5.32 Å². The number of aryl methyl sites for hydroxylation is 1. The van der Waals surface area contributed by atoms with Crippen LogP contribution >= 0.6 is 0 Å². The van der Waals surface area contributed by atoms with E-state index < -0.39 is 35.5 Å². The summed E-state index contributed by atoms with van der Waals surface area (Å²) in [6, 6.07) is 2.48. The minimum atomic E-state index is -3.25. The van der Waals surface area contributed by atoms with Crippen molar-refractivity contribution in [1.29, 1.82) is 0 Å². The number of benzene rings is 1. The van der Waals surface area contributed by atoms with Crippen LogP contribution in [0, 0.1) is 17.0 Å². The maximum absolute atomic E-state index is 12.9. The molecule has 0 atom stereocenters. The number of halogens is 2. The van der Waals surface area contributed by atoms with E-state index >= 15 is 0 Å². The van der Waals surface area contributed by atoms with Crippen molar-refractivity contribution in [3.05, 3.63) is 33.4 Å². The highest BCUT2D eigenvalue weighted by Gasteiger charge is 2.28. The molecule has 9 heteroatoms. The minimum absolute atomic E-state index is 0.218. The Kier molecular flexibility index (Phi) is 4.56. The van der Waals surface area contributed by atoms with E-state index in [4.69, 9.17) is 11.5 Å². The summed E-state index contributed by atoms with van der Waals surface area (Å²) in [4.78, 5) is 21.8. The van der Waals surface area contributed by atoms with Crippen LogP contribution in [-0.2, 0) is 0 Å². The van der Waals surface area contributed by atoms with Gasteiger partial charge in [-0.1, -0.05) is 0 Å². The molecule has 0 fully saturated rings. The van der Waals surface area contributed by atoms with E-state index in [1.165, 1.54) is 19.1 Å². The molecule has 7 nitrogen and oxygen atoms in total. The monoisotopic (exact) mass is 288 g/mol. The lowest BCUT2D eigenvalue weighted by molar-refractivity contribution is -0.384. The van der Waals surface area contributed by atoms with Gasteiger partial charge in [0.05, 0.1) is 23.6 Å². The Morgan fingerprint density at radius 2 is 2.10 bits per heavy atom. The van der Waals surface area contributed by atoms with Crippen molar-refractivity contribution in [2.45, 2.75) is 12.8 Å². The zero-order valence-electron chi connectivity index (χ0n) is 10.7. The van der Waals surface area contributed by atoms with Crippen LogP contribution in [0.25, 0.3) is 0 Å². The second-order valence-corrected chi connectivity index (χ2v) is 4.25. The summed E-state index contributed by atoms with van der Waals surface area (Å²) < 4.78 is 25.9. The fraction of sp³-hybridized carbons (Fsp3) is 0.364. The van der Waals surface area contributed by atoms with Crippen LogP contribution in [0.1, 0.15) is 15.9 Å². The number of nitrogens with two attached hydrogens (primary N) is 2. The first-order valence-corrected chi connectivity index (χ1v) is 5.58. The van der Waals surface area contributed by atoms with Crippen molar-refractivity contribution in [2.24, 2.45) is 5.73 Å². The number of rotatable bonds is 5. The SMILES string of the molecule is Cc1cc(C(=O)NCC(F)(F)CN)c(N)c([N+](=O)[O-])c1. The molecule has 0 aromatic heterocycles. The summed E-state index contributed by atoms with van der Waals surface area (Å²) >= 11 is 0. The van der Waals surface area contributed by atoms with Gasteiger partial charge in [0.2, 0.25) is 0 Å². The molecule has 1 aromatic rings. The van der Waals surface area contributed by atoms with E-state index in [2.05, 4.69) is 0 Å². The van der Waals surface area contributed by atoms with Crippen LogP contribution in [0.3, 0.4) is 0 Å². The molecule has 1 aromatic carbocycles. The third-order valence-corrected chi connectivity index (χ3v) is 2.55. The molecule has 20 heavy (non-hydrogen) atoms. The molecule has 0 aliphatic heterocycles. The van der Waals surface area contributed by atoms with Crippen LogP contribution in [-0.4, -0.2) is 29.8 Å². The van der Waals surface area contributed by atoms with E-state index in [-0.39, 0.29) is 11.3 Å². The van der Waals surface area contributed by atoms with Crippen molar-refractivity contribution in [1.82, 2.24) is 5.32 Å². The number of hydrogen-bond donors (Lipinski definition) is 3. The molecule has 0 bridgehead atoms. The molecular weight excluding hydrogens is 274 g/mol. The van der Waals surface area contributed by atoms with Crippen molar-refractivity contribution in [3.63, 3.8) is 0 Å². The largest absolute Gasteiger partial charge is 0.393 e. The minimum Gasteiger partial charge on any atom is -0.393 e. The maximum Gasteiger partial charge on any atom is 0.293 e. The summed E-state index contributed by atoms with van der Waals surface area (Å²) in [5, 5.41) is 12.7. The Balaban J connectivity index is 3.02. The number of amides is 1. The average Bonchev–Trinajstić information content (AvgIpc) is 2.38. The molecule has 0 radical (unpaired) electrons. The highest BCUT2D eigenvalue weighted by atomic mass is 19.3. The van der Waals surface area contributed by atoms with Gasteiger partial charge in [-0.15, -0.1) is 0 Å². The molecule has 0 aliphatic carbocycles. The molecule has 110 valence electrons. The lowest BCUT2D eigenvalue weighted by Gasteiger charge is -2.15. The molecule has 0 aliphatic rings. The highest BCUT2D eigenvalue weighted by Crippen LogP contribution is 2.27. The number of nitrogen functional groups attached to an aromatic ring is 1.